The van der Waals surface area contributed by atoms with Gasteiger partial charge in [0.05, 0.1) is 5.56 Å². The predicted octanol–water partition coefficient (Wildman–Crippen LogP) is 2.89. The Morgan fingerprint density at radius 1 is 1.50 bits per heavy atom. The van der Waals surface area contributed by atoms with Gasteiger partial charge in [-0.05, 0) is 12.1 Å². The molecular weight excluding hydrogens is 190 g/mol. The van der Waals surface area contributed by atoms with E-state index >= 15 is 0 Å². The first-order valence-corrected chi connectivity index (χ1v) is 4.19. The van der Waals surface area contributed by atoms with E-state index in [-0.39, 0.29) is 17.5 Å². The molecule has 0 aromatic heterocycles. The first-order valence-electron chi connectivity index (χ1n) is 4.19. The number of carboxylic acid groups (broad SMARTS) is 1. The number of aromatic carboxylic acids is 1. The van der Waals surface area contributed by atoms with Crippen LogP contribution < -0.4 is 0 Å². The van der Waals surface area contributed by atoms with E-state index in [1.165, 1.54) is 25.1 Å². The molecule has 1 rings (SSSR count). The van der Waals surface area contributed by atoms with Gasteiger partial charge in [-0.25, -0.2) is 13.6 Å². The second-order valence-electron chi connectivity index (χ2n) is 2.94. The summed E-state index contributed by atoms with van der Waals surface area (Å²) in [5, 5.41) is 8.60. The highest BCUT2D eigenvalue weighted by molar-refractivity contribution is 5.87. The average molecular weight is 200 g/mol. The Morgan fingerprint density at radius 2 is 2.14 bits per heavy atom. The summed E-state index contributed by atoms with van der Waals surface area (Å²) in [5.41, 5.74) is -0.365. The van der Waals surface area contributed by atoms with Crippen molar-refractivity contribution in [2.75, 3.05) is 0 Å². The molecule has 0 heterocycles. The molecule has 0 atom stereocenters. The van der Waals surface area contributed by atoms with Crippen molar-refractivity contribution in [1.29, 1.82) is 0 Å². The van der Waals surface area contributed by atoms with Crippen LogP contribution >= 0.6 is 0 Å². The number of alkyl halides is 2. The van der Waals surface area contributed by atoms with E-state index in [0.717, 1.165) is 6.07 Å². The zero-order valence-corrected chi connectivity index (χ0v) is 7.63. The molecule has 0 saturated heterocycles. The fourth-order valence-corrected chi connectivity index (χ4v) is 1.08. The second kappa shape index (κ2) is 3.74. The number of hydrogen-bond acceptors (Lipinski definition) is 1. The van der Waals surface area contributed by atoms with E-state index < -0.39 is 11.9 Å². The lowest BCUT2D eigenvalue weighted by molar-refractivity contribution is -0.00833. The smallest absolute Gasteiger partial charge is 0.335 e. The van der Waals surface area contributed by atoms with Crippen molar-refractivity contribution in [3.05, 3.63) is 35.4 Å². The first-order chi connectivity index (χ1) is 6.47. The van der Waals surface area contributed by atoms with Crippen molar-refractivity contribution in [1.82, 2.24) is 0 Å². The summed E-state index contributed by atoms with van der Waals surface area (Å²) >= 11 is 0. The lowest BCUT2D eigenvalue weighted by atomic mass is 10.0. The van der Waals surface area contributed by atoms with Gasteiger partial charge >= 0.3 is 5.97 Å². The summed E-state index contributed by atoms with van der Waals surface area (Å²) in [7, 11) is 0. The standard InChI is InChI=1S/C10H10F2O2/c1-2-10(11,12)8-5-3-4-7(6-8)9(13)14/h3-6H,2H2,1H3,(H,13,14). The highest BCUT2D eigenvalue weighted by Gasteiger charge is 2.29. The molecule has 0 bridgehead atoms. The molecule has 1 N–H and O–H groups in total. The molecule has 0 unspecified atom stereocenters. The van der Waals surface area contributed by atoms with Gasteiger partial charge in [0, 0.05) is 12.0 Å². The largest absolute Gasteiger partial charge is 0.478 e. The maximum absolute atomic E-state index is 13.1. The van der Waals surface area contributed by atoms with Crippen molar-refractivity contribution in [3.8, 4) is 0 Å². The molecule has 1 aromatic rings. The van der Waals surface area contributed by atoms with Crippen molar-refractivity contribution in [3.63, 3.8) is 0 Å². The van der Waals surface area contributed by atoms with E-state index in [1.807, 2.05) is 0 Å². The van der Waals surface area contributed by atoms with E-state index in [0.29, 0.717) is 0 Å². The lowest BCUT2D eigenvalue weighted by Gasteiger charge is -2.14. The van der Waals surface area contributed by atoms with Crippen LogP contribution in [0.4, 0.5) is 8.78 Å². The van der Waals surface area contributed by atoms with Gasteiger partial charge in [-0.15, -0.1) is 0 Å². The fourth-order valence-electron chi connectivity index (χ4n) is 1.08. The number of carboxylic acids is 1. The van der Waals surface area contributed by atoms with Gasteiger partial charge in [0.25, 0.3) is 5.92 Å². The Morgan fingerprint density at radius 3 is 2.64 bits per heavy atom. The molecular formula is C10H10F2O2. The zero-order chi connectivity index (χ0) is 10.8. The zero-order valence-electron chi connectivity index (χ0n) is 7.63. The number of halogens is 2. The Hall–Kier alpha value is -1.45. The van der Waals surface area contributed by atoms with E-state index in [4.69, 9.17) is 5.11 Å². The van der Waals surface area contributed by atoms with Gasteiger partial charge in [0.2, 0.25) is 0 Å². The summed E-state index contributed by atoms with van der Waals surface area (Å²) in [6, 6.07) is 4.85. The number of carbonyl (C=O) groups is 1. The van der Waals surface area contributed by atoms with Gasteiger partial charge in [-0.3, -0.25) is 0 Å². The molecule has 4 heteroatoms. The molecule has 0 aliphatic heterocycles. The molecule has 14 heavy (non-hydrogen) atoms. The van der Waals surface area contributed by atoms with E-state index in [2.05, 4.69) is 0 Å². The van der Waals surface area contributed by atoms with Crippen LogP contribution in [0, 0.1) is 0 Å². The number of rotatable bonds is 3. The topological polar surface area (TPSA) is 37.3 Å². The minimum atomic E-state index is -2.95. The van der Waals surface area contributed by atoms with Crippen LogP contribution in [0.2, 0.25) is 0 Å². The van der Waals surface area contributed by atoms with Crippen LogP contribution in [0.1, 0.15) is 29.3 Å². The molecule has 0 aliphatic carbocycles. The highest BCUT2D eigenvalue weighted by Crippen LogP contribution is 2.31. The minimum absolute atomic E-state index is 0.115. The normalized spacial score (nSPS) is 11.4. The molecule has 76 valence electrons. The van der Waals surface area contributed by atoms with Crippen molar-refractivity contribution < 1.29 is 18.7 Å². The van der Waals surface area contributed by atoms with Gasteiger partial charge in [-0.2, -0.15) is 0 Å². The van der Waals surface area contributed by atoms with Crippen LogP contribution in [0.25, 0.3) is 0 Å². The number of hydrogen-bond donors (Lipinski definition) is 1. The molecule has 2 nitrogen and oxygen atoms in total. The summed E-state index contributed by atoms with van der Waals surface area (Å²) in [6.45, 7) is 1.35. The summed E-state index contributed by atoms with van der Waals surface area (Å²) in [6.07, 6.45) is -0.337. The van der Waals surface area contributed by atoms with Crippen LogP contribution in [-0.2, 0) is 5.92 Å². The Balaban J connectivity index is 3.12. The molecule has 0 saturated carbocycles. The van der Waals surface area contributed by atoms with Gasteiger partial charge in [0.15, 0.2) is 0 Å². The number of benzene rings is 1. The van der Waals surface area contributed by atoms with Crippen LogP contribution in [0.3, 0.4) is 0 Å². The SMILES string of the molecule is CCC(F)(F)c1cccc(C(=O)O)c1. The van der Waals surface area contributed by atoms with Crippen molar-refractivity contribution in [2.45, 2.75) is 19.3 Å². The van der Waals surface area contributed by atoms with E-state index in [9.17, 15) is 13.6 Å². The minimum Gasteiger partial charge on any atom is -0.478 e. The maximum atomic E-state index is 13.1. The Labute approximate surface area is 80.2 Å². The molecule has 0 radical (unpaired) electrons. The summed E-state index contributed by atoms with van der Waals surface area (Å²) in [4.78, 5) is 10.5. The third-order valence-corrected chi connectivity index (χ3v) is 1.98. The van der Waals surface area contributed by atoms with E-state index in [1.54, 1.807) is 0 Å². The van der Waals surface area contributed by atoms with Crippen LogP contribution in [0.5, 0.6) is 0 Å². The maximum Gasteiger partial charge on any atom is 0.335 e. The van der Waals surface area contributed by atoms with Crippen LogP contribution in [-0.4, -0.2) is 11.1 Å². The highest BCUT2D eigenvalue weighted by atomic mass is 19.3. The predicted molar refractivity (Wildman–Crippen MR) is 47.6 cm³/mol. The quantitative estimate of drug-likeness (QED) is 0.814. The van der Waals surface area contributed by atoms with Crippen molar-refractivity contribution >= 4 is 5.97 Å². The fraction of sp³-hybridized carbons (Fsp3) is 0.300. The molecule has 0 fully saturated rings. The van der Waals surface area contributed by atoms with Gasteiger partial charge in [0.1, 0.15) is 0 Å². The molecule has 0 aliphatic rings. The first kappa shape index (κ1) is 10.6. The Kier molecular flexibility index (Phi) is 2.84. The third kappa shape index (κ3) is 2.07. The summed E-state index contributed by atoms with van der Waals surface area (Å²) in [5.74, 6) is -4.15. The molecule has 0 amide bonds. The average Bonchev–Trinajstić information content (AvgIpc) is 2.18. The van der Waals surface area contributed by atoms with Crippen molar-refractivity contribution in [2.24, 2.45) is 0 Å². The molecule has 1 aromatic carbocycles. The van der Waals surface area contributed by atoms with Gasteiger partial charge in [-0.1, -0.05) is 19.1 Å². The Bertz CT molecular complexity index is 348. The van der Waals surface area contributed by atoms with Gasteiger partial charge < -0.3 is 5.11 Å². The molecule has 0 spiro atoms. The lowest BCUT2D eigenvalue weighted by Crippen LogP contribution is -2.12. The summed E-state index contributed by atoms with van der Waals surface area (Å²) < 4.78 is 26.3. The second-order valence-corrected chi connectivity index (χ2v) is 2.94. The van der Waals surface area contributed by atoms with Crippen LogP contribution in [0.15, 0.2) is 24.3 Å². The monoisotopic (exact) mass is 200 g/mol. The third-order valence-electron chi connectivity index (χ3n) is 1.98.